The van der Waals surface area contributed by atoms with Crippen molar-refractivity contribution in [2.24, 2.45) is 17.8 Å². The highest BCUT2D eigenvalue weighted by Crippen LogP contribution is 2.47. The molecule has 2 bridgehead atoms. The van der Waals surface area contributed by atoms with Crippen molar-refractivity contribution in [3.05, 3.63) is 0 Å². The zero-order chi connectivity index (χ0) is 13.5. The lowest BCUT2D eigenvalue weighted by Crippen LogP contribution is -2.50. The predicted octanol–water partition coefficient (Wildman–Crippen LogP) is 3.37. The first-order valence-corrected chi connectivity index (χ1v) is 9.27. The molecule has 114 valence electrons. The summed E-state index contributed by atoms with van der Waals surface area (Å²) in [5, 5.41) is 0. The molecule has 0 aromatic carbocycles. The first-order chi connectivity index (χ1) is 9.79. The fraction of sp³-hybridized carbons (Fsp3) is 1.00. The summed E-state index contributed by atoms with van der Waals surface area (Å²) in [4.78, 5) is 5.70. The van der Waals surface area contributed by atoms with Crippen molar-refractivity contribution >= 4 is 0 Å². The van der Waals surface area contributed by atoms with Crippen LogP contribution in [0.25, 0.3) is 0 Å². The van der Waals surface area contributed by atoms with Gasteiger partial charge in [0, 0.05) is 12.1 Å². The van der Waals surface area contributed by atoms with Crippen molar-refractivity contribution in [1.29, 1.82) is 0 Å². The second kappa shape index (κ2) is 5.61. The highest BCUT2D eigenvalue weighted by molar-refractivity contribution is 4.97. The average Bonchev–Trinajstić information content (AvgIpc) is 3.11. The molecule has 0 unspecified atom stereocenters. The van der Waals surface area contributed by atoms with Gasteiger partial charge in [-0.3, -0.25) is 4.90 Å². The Labute approximate surface area is 124 Å². The molecule has 0 N–H and O–H groups in total. The van der Waals surface area contributed by atoms with Crippen LogP contribution in [0.15, 0.2) is 0 Å². The molecule has 2 saturated heterocycles. The summed E-state index contributed by atoms with van der Waals surface area (Å²) in [5.74, 6) is 3.15. The molecule has 20 heavy (non-hydrogen) atoms. The summed E-state index contributed by atoms with van der Waals surface area (Å²) in [7, 11) is 0. The van der Waals surface area contributed by atoms with Crippen molar-refractivity contribution in [2.75, 3.05) is 26.2 Å². The summed E-state index contributed by atoms with van der Waals surface area (Å²) in [6, 6.07) is 1.90. The highest BCUT2D eigenvalue weighted by atomic mass is 15.2. The Balaban J connectivity index is 1.28. The molecule has 4 fully saturated rings. The molecule has 4 rings (SSSR count). The van der Waals surface area contributed by atoms with Gasteiger partial charge in [-0.25, -0.2) is 0 Å². The molecule has 2 heteroatoms. The average molecular weight is 276 g/mol. The molecule has 2 saturated carbocycles. The molecule has 4 aliphatic rings. The van der Waals surface area contributed by atoms with E-state index in [0.29, 0.717) is 0 Å². The molecule has 2 nitrogen and oxygen atoms in total. The Bertz CT molecular complexity index is 326. The van der Waals surface area contributed by atoms with E-state index >= 15 is 0 Å². The Morgan fingerprint density at radius 2 is 1.40 bits per heavy atom. The van der Waals surface area contributed by atoms with E-state index in [-0.39, 0.29) is 0 Å². The van der Waals surface area contributed by atoms with Crippen LogP contribution in [0.2, 0.25) is 0 Å². The Morgan fingerprint density at radius 3 is 2.00 bits per heavy atom. The maximum atomic E-state index is 2.88. The number of fused-ring (bicyclic) bond motifs is 2. The van der Waals surface area contributed by atoms with Gasteiger partial charge in [0.15, 0.2) is 0 Å². The van der Waals surface area contributed by atoms with Gasteiger partial charge >= 0.3 is 0 Å². The summed E-state index contributed by atoms with van der Waals surface area (Å²) in [5.41, 5.74) is 0. The zero-order valence-corrected chi connectivity index (χ0v) is 13.3. The lowest BCUT2D eigenvalue weighted by molar-refractivity contribution is 0.0497. The Morgan fingerprint density at radius 1 is 0.700 bits per heavy atom. The number of hydrogen-bond donors (Lipinski definition) is 0. The molecular weight excluding hydrogens is 244 g/mol. The van der Waals surface area contributed by atoms with Gasteiger partial charge < -0.3 is 4.90 Å². The van der Waals surface area contributed by atoms with Crippen LogP contribution in [0.5, 0.6) is 0 Å². The quantitative estimate of drug-likeness (QED) is 0.763. The molecule has 0 radical (unpaired) electrons. The third kappa shape index (κ3) is 2.54. The zero-order valence-electron chi connectivity index (χ0n) is 13.3. The van der Waals surface area contributed by atoms with E-state index in [4.69, 9.17) is 0 Å². The maximum Gasteiger partial charge on any atom is 0.0126 e. The fourth-order valence-electron chi connectivity index (χ4n) is 5.63. The van der Waals surface area contributed by atoms with Crippen molar-refractivity contribution in [1.82, 2.24) is 9.80 Å². The van der Waals surface area contributed by atoms with Crippen LogP contribution < -0.4 is 0 Å². The first-order valence-electron chi connectivity index (χ1n) is 9.27. The van der Waals surface area contributed by atoms with E-state index in [1.165, 1.54) is 58.3 Å². The van der Waals surface area contributed by atoms with Gasteiger partial charge in [0.05, 0.1) is 0 Å². The fourth-order valence-corrected chi connectivity index (χ4v) is 5.63. The van der Waals surface area contributed by atoms with Gasteiger partial charge in [0.25, 0.3) is 0 Å². The van der Waals surface area contributed by atoms with E-state index in [0.717, 1.165) is 29.8 Å². The predicted molar refractivity (Wildman–Crippen MR) is 83.8 cm³/mol. The van der Waals surface area contributed by atoms with Gasteiger partial charge in [0.2, 0.25) is 0 Å². The van der Waals surface area contributed by atoms with Crippen molar-refractivity contribution < 1.29 is 0 Å². The SMILES string of the molecule is CC1CCN(C2CCN([C@@H]3C[C@H]4CC[C@@H]3C4)CC2)CC1. The largest absolute Gasteiger partial charge is 0.300 e. The van der Waals surface area contributed by atoms with Crippen LogP contribution in [0.3, 0.4) is 0 Å². The maximum absolute atomic E-state index is 2.88. The lowest BCUT2D eigenvalue weighted by Gasteiger charge is -2.44. The van der Waals surface area contributed by atoms with E-state index in [9.17, 15) is 0 Å². The molecule has 2 aliphatic carbocycles. The van der Waals surface area contributed by atoms with Gasteiger partial charge in [-0.1, -0.05) is 13.3 Å². The van der Waals surface area contributed by atoms with Crippen LogP contribution in [0.1, 0.15) is 58.3 Å². The summed E-state index contributed by atoms with van der Waals surface area (Å²) >= 11 is 0. The topological polar surface area (TPSA) is 6.48 Å². The minimum Gasteiger partial charge on any atom is -0.300 e. The second-order valence-electron chi connectivity index (χ2n) is 8.23. The van der Waals surface area contributed by atoms with Gasteiger partial charge in [-0.05, 0) is 88.9 Å². The van der Waals surface area contributed by atoms with Crippen LogP contribution >= 0.6 is 0 Å². The molecule has 0 aromatic heterocycles. The van der Waals surface area contributed by atoms with Gasteiger partial charge in [-0.15, -0.1) is 0 Å². The number of likely N-dealkylation sites (tertiary alicyclic amines) is 2. The summed E-state index contributed by atoms with van der Waals surface area (Å²) < 4.78 is 0. The monoisotopic (exact) mass is 276 g/mol. The third-order valence-corrected chi connectivity index (χ3v) is 7.00. The lowest BCUT2D eigenvalue weighted by atomic mass is 9.90. The summed E-state index contributed by atoms with van der Waals surface area (Å²) in [6.07, 6.45) is 12.0. The van der Waals surface area contributed by atoms with Crippen LogP contribution in [0, 0.1) is 17.8 Å². The number of nitrogens with zero attached hydrogens (tertiary/aromatic N) is 2. The van der Waals surface area contributed by atoms with Gasteiger partial charge in [0.1, 0.15) is 0 Å². The standard InChI is InChI=1S/C18H32N2/c1-14-4-8-19(9-5-14)17-6-10-20(11-7-17)18-13-15-2-3-16(18)12-15/h14-18H,2-13H2,1H3/t15-,16+,18+/m0/s1. The van der Waals surface area contributed by atoms with Crippen LogP contribution in [-0.4, -0.2) is 48.1 Å². The number of rotatable bonds is 2. The third-order valence-electron chi connectivity index (χ3n) is 7.00. The van der Waals surface area contributed by atoms with Crippen LogP contribution in [0.4, 0.5) is 0 Å². The molecule has 2 heterocycles. The van der Waals surface area contributed by atoms with Crippen molar-refractivity contribution in [2.45, 2.75) is 70.4 Å². The smallest absolute Gasteiger partial charge is 0.0126 e. The summed E-state index contributed by atoms with van der Waals surface area (Å²) in [6.45, 7) is 7.96. The minimum absolute atomic E-state index is 0.914. The van der Waals surface area contributed by atoms with Crippen LogP contribution in [-0.2, 0) is 0 Å². The number of piperidine rings is 2. The van der Waals surface area contributed by atoms with E-state index in [1.54, 1.807) is 19.3 Å². The highest BCUT2D eigenvalue weighted by Gasteiger charge is 2.43. The number of hydrogen-bond acceptors (Lipinski definition) is 2. The normalized spacial score (nSPS) is 41.5. The molecule has 3 atom stereocenters. The Hall–Kier alpha value is -0.0800. The van der Waals surface area contributed by atoms with E-state index in [1.807, 2.05) is 0 Å². The Kier molecular flexibility index (Phi) is 3.80. The molecular formula is C18H32N2. The molecule has 0 aromatic rings. The van der Waals surface area contributed by atoms with Crippen molar-refractivity contribution in [3.8, 4) is 0 Å². The minimum atomic E-state index is 0.914. The van der Waals surface area contributed by atoms with E-state index < -0.39 is 0 Å². The molecule has 0 amide bonds. The first kappa shape index (κ1) is 13.6. The molecule has 0 spiro atoms. The molecule has 2 aliphatic heterocycles. The van der Waals surface area contributed by atoms with Crippen molar-refractivity contribution in [3.63, 3.8) is 0 Å². The second-order valence-corrected chi connectivity index (χ2v) is 8.23. The van der Waals surface area contributed by atoms with Gasteiger partial charge in [-0.2, -0.15) is 0 Å². The van der Waals surface area contributed by atoms with E-state index in [2.05, 4.69) is 16.7 Å².